The number of carbonyl (C=O) groups is 3. The van der Waals surface area contributed by atoms with E-state index in [2.05, 4.69) is 86.8 Å². The number of hydrogen-bond acceptors (Lipinski definition) is 6. The van der Waals surface area contributed by atoms with E-state index in [1.165, 1.54) is 32.1 Å². The number of esters is 2. The largest absolute Gasteiger partial charge is 0.477 e. The van der Waals surface area contributed by atoms with Crippen LogP contribution in [0.3, 0.4) is 0 Å². The van der Waals surface area contributed by atoms with E-state index in [1.54, 1.807) is 0 Å². The number of aliphatic carboxylic acids is 1. The SMILES string of the molecule is CC/C=C/C/C=C/C/C=C/C/C=C/C/C=C/CCCCCCC(=O)OC(COCCC(C(=O)O)[N+](C)(C)C)COC(=O)CCCCCCC/C=C/CCCCC. The quantitative estimate of drug-likeness (QED) is 0.0288. The van der Waals surface area contributed by atoms with E-state index in [-0.39, 0.29) is 36.2 Å². The summed E-state index contributed by atoms with van der Waals surface area (Å²) < 4.78 is 17.2. The van der Waals surface area contributed by atoms with Crippen LogP contribution in [0.25, 0.3) is 0 Å². The van der Waals surface area contributed by atoms with Crippen LogP contribution >= 0.6 is 0 Å². The van der Waals surface area contributed by atoms with E-state index in [9.17, 15) is 19.5 Å². The molecule has 0 saturated carbocycles. The molecule has 0 fully saturated rings. The van der Waals surface area contributed by atoms with Gasteiger partial charge < -0.3 is 23.8 Å². The van der Waals surface area contributed by atoms with Crippen LogP contribution in [0.5, 0.6) is 0 Å². The van der Waals surface area contributed by atoms with E-state index in [1.807, 2.05) is 21.1 Å². The molecule has 8 heteroatoms. The summed E-state index contributed by atoms with van der Waals surface area (Å²) in [5.41, 5.74) is 0. The molecule has 0 heterocycles. The molecule has 2 unspecified atom stereocenters. The molecule has 0 aromatic heterocycles. The predicted molar refractivity (Wildman–Crippen MR) is 233 cm³/mol. The smallest absolute Gasteiger partial charge is 0.362 e. The van der Waals surface area contributed by atoms with Gasteiger partial charge in [0.05, 0.1) is 34.4 Å². The van der Waals surface area contributed by atoms with Crippen molar-refractivity contribution in [3.05, 3.63) is 72.9 Å². The van der Waals surface area contributed by atoms with Crippen molar-refractivity contribution in [1.29, 1.82) is 0 Å². The monoisotopic (exact) mass is 785 g/mol. The lowest BCUT2D eigenvalue weighted by molar-refractivity contribution is -0.887. The first kappa shape index (κ1) is 52.8. The van der Waals surface area contributed by atoms with E-state index in [4.69, 9.17) is 14.2 Å². The summed E-state index contributed by atoms with van der Waals surface area (Å²) in [6, 6.07) is -0.623. The van der Waals surface area contributed by atoms with Gasteiger partial charge in [-0.3, -0.25) is 9.59 Å². The second kappa shape index (κ2) is 38.6. The molecule has 0 rings (SSSR count). The topological polar surface area (TPSA) is 99.1 Å². The van der Waals surface area contributed by atoms with Gasteiger partial charge in [0.15, 0.2) is 12.1 Å². The Labute approximate surface area is 342 Å². The fourth-order valence-electron chi connectivity index (χ4n) is 5.93. The molecule has 0 saturated heterocycles. The van der Waals surface area contributed by atoms with Crippen LogP contribution in [0.1, 0.15) is 162 Å². The number of nitrogens with zero attached hydrogens (tertiary/aromatic N) is 1. The Bertz CT molecular complexity index is 1140. The molecule has 0 aliphatic rings. The highest BCUT2D eigenvalue weighted by Crippen LogP contribution is 2.13. The first-order valence-electron chi connectivity index (χ1n) is 22.0. The van der Waals surface area contributed by atoms with Crippen LogP contribution in [0.2, 0.25) is 0 Å². The van der Waals surface area contributed by atoms with Gasteiger partial charge in [0.1, 0.15) is 6.61 Å². The summed E-state index contributed by atoms with van der Waals surface area (Å²) in [6.07, 6.45) is 48.0. The molecule has 0 amide bonds. The standard InChI is InChI=1S/C48H81NO7/c1-6-8-10-12-14-16-18-20-21-22-23-24-25-26-27-29-31-33-35-37-39-47(51)56-44(42-54-41-40-45(48(52)53)49(3,4)5)43-55-46(50)38-36-34-32-30-28-19-17-15-13-11-9-7-2/h8,10,14-17,20-21,23-24,26-27,44-45H,6-7,9,11-13,18-19,22,25,28-43H2,1-5H3/p+1/b10-8+,16-14+,17-15+,21-20+,24-23+,27-26+. The van der Waals surface area contributed by atoms with Crippen LogP contribution in [0, 0.1) is 0 Å². The molecular formula is C48H82NO7+. The minimum absolute atomic E-state index is 0.0444. The van der Waals surface area contributed by atoms with E-state index in [0.29, 0.717) is 19.3 Å². The second-order valence-corrected chi connectivity index (χ2v) is 15.6. The third kappa shape index (κ3) is 36.4. The number of carboxylic acids is 1. The summed E-state index contributed by atoms with van der Waals surface area (Å²) in [7, 11) is 5.50. The summed E-state index contributed by atoms with van der Waals surface area (Å²) in [5.74, 6) is -1.52. The Morgan fingerprint density at radius 2 is 1.00 bits per heavy atom. The minimum atomic E-state index is -0.884. The maximum Gasteiger partial charge on any atom is 0.362 e. The number of allylic oxidation sites excluding steroid dienone is 12. The average Bonchev–Trinajstić information content (AvgIpc) is 3.15. The van der Waals surface area contributed by atoms with Gasteiger partial charge in [-0.2, -0.15) is 0 Å². The fourth-order valence-corrected chi connectivity index (χ4v) is 5.93. The Hall–Kier alpha value is -3.23. The molecule has 0 aromatic rings. The van der Waals surface area contributed by atoms with Crippen LogP contribution in [-0.2, 0) is 28.6 Å². The van der Waals surface area contributed by atoms with Crippen LogP contribution in [0.4, 0.5) is 0 Å². The van der Waals surface area contributed by atoms with Crippen LogP contribution in [-0.4, -0.2) is 80.6 Å². The third-order valence-electron chi connectivity index (χ3n) is 9.34. The number of quaternary nitrogens is 1. The van der Waals surface area contributed by atoms with E-state index < -0.39 is 18.1 Å². The number of ether oxygens (including phenoxy) is 3. The van der Waals surface area contributed by atoms with Crippen molar-refractivity contribution in [1.82, 2.24) is 0 Å². The zero-order valence-corrected chi connectivity index (χ0v) is 36.3. The molecule has 0 aromatic carbocycles. The molecule has 320 valence electrons. The maximum absolute atomic E-state index is 12.7. The van der Waals surface area contributed by atoms with Crippen molar-refractivity contribution in [2.75, 3.05) is 41.0 Å². The molecule has 1 N–H and O–H groups in total. The van der Waals surface area contributed by atoms with Gasteiger partial charge in [0.2, 0.25) is 0 Å². The Kier molecular flexibility index (Phi) is 36.4. The maximum atomic E-state index is 12.7. The molecule has 2 atom stereocenters. The van der Waals surface area contributed by atoms with Crippen molar-refractivity contribution >= 4 is 17.9 Å². The van der Waals surface area contributed by atoms with Crippen molar-refractivity contribution in [3.8, 4) is 0 Å². The summed E-state index contributed by atoms with van der Waals surface area (Å²) in [5, 5.41) is 9.61. The van der Waals surface area contributed by atoms with Crippen LogP contribution < -0.4 is 0 Å². The zero-order valence-electron chi connectivity index (χ0n) is 36.3. The molecule has 0 spiro atoms. The Morgan fingerprint density at radius 1 is 0.554 bits per heavy atom. The van der Waals surface area contributed by atoms with Gasteiger partial charge in [-0.15, -0.1) is 0 Å². The fraction of sp³-hybridized carbons (Fsp3) is 0.688. The van der Waals surface area contributed by atoms with Gasteiger partial charge in [0, 0.05) is 19.3 Å². The van der Waals surface area contributed by atoms with E-state index >= 15 is 0 Å². The number of likely N-dealkylation sites (N-methyl/N-ethyl adjacent to an activating group) is 1. The normalized spacial score (nSPS) is 13.7. The van der Waals surface area contributed by atoms with Gasteiger partial charge >= 0.3 is 17.9 Å². The first-order chi connectivity index (χ1) is 27.1. The Balaban J connectivity index is 4.41. The van der Waals surface area contributed by atoms with Crippen molar-refractivity contribution in [2.45, 2.75) is 174 Å². The second-order valence-electron chi connectivity index (χ2n) is 15.6. The summed E-state index contributed by atoms with van der Waals surface area (Å²) in [4.78, 5) is 36.9. The highest BCUT2D eigenvalue weighted by Gasteiger charge is 2.31. The van der Waals surface area contributed by atoms with Crippen molar-refractivity contribution in [2.24, 2.45) is 0 Å². The van der Waals surface area contributed by atoms with Gasteiger partial charge in [-0.1, -0.05) is 132 Å². The highest BCUT2D eigenvalue weighted by molar-refractivity contribution is 5.72. The first-order valence-corrected chi connectivity index (χ1v) is 22.0. The highest BCUT2D eigenvalue weighted by atomic mass is 16.6. The molecule has 0 radical (unpaired) electrons. The van der Waals surface area contributed by atoms with Gasteiger partial charge in [-0.25, -0.2) is 4.79 Å². The van der Waals surface area contributed by atoms with Crippen molar-refractivity contribution in [3.63, 3.8) is 0 Å². The molecular weight excluding hydrogens is 703 g/mol. The number of carboxylic acid groups (broad SMARTS) is 1. The molecule has 56 heavy (non-hydrogen) atoms. The molecule has 0 aliphatic heterocycles. The lowest BCUT2D eigenvalue weighted by Crippen LogP contribution is -2.50. The lowest BCUT2D eigenvalue weighted by Gasteiger charge is -2.31. The third-order valence-corrected chi connectivity index (χ3v) is 9.34. The molecule has 0 bridgehead atoms. The number of carbonyl (C=O) groups excluding carboxylic acids is 2. The average molecular weight is 785 g/mol. The lowest BCUT2D eigenvalue weighted by atomic mass is 10.1. The summed E-state index contributed by atoms with van der Waals surface area (Å²) >= 11 is 0. The van der Waals surface area contributed by atoms with Gasteiger partial charge in [0.25, 0.3) is 0 Å². The number of hydrogen-bond donors (Lipinski definition) is 1. The number of unbranched alkanes of at least 4 members (excludes halogenated alkanes) is 12. The molecule has 0 aliphatic carbocycles. The van der Waals surface area contributed by atoms with Crippen molar-refractivity contribution < 1.29 is 38.2 Å². The zero-order chi connectivity index (χ0) is 41.4. The van der Waals surface area contributed by atoms with E-state index in [0.717, 1.165) is 96.3 Å². The van der Waals surface area contributed by atoms with Crippen LogP contribution in [0.15, 0.2) is 72.9 Å². The van der Waals surface area contributed by atoms with Gasteiger partial charge in [-0.05, 0) is 83.5 Å². The predicted octanol–water partition coefficient (Wildman–Crippen LogP) is 12.0. The number of rotatable bonds is 38. The molecule has 8 nitrogen and oxygen atoms in total. The minimum Gasteiger partial charge on any atom is -0.477 e. The summed E-state index contributed by atoms with van der Waals surface area (Å²) in [6.45, 7) is 4.54. The Morgan fingerprint density at radius 3 is 1.50 bits per heavy atom.